The molecule has 0 aliphatic rings. The lowest BCUT2D eigenvalue weighted by molar-refractivity contribution is -0.131. The first-order valence-corrected chi connectivity index (χ1v) is 9.47. The van der Waals surface area contributed by atoms with Gasteiger partial charge >= 0.3 is 0 Å². The highest BCUT2D eigenvalue weighted by atomic mass is 35.5. The summed E-state index contributed by atoms with van der Waals surface area (Å²) in [7, 11) is -3.44. The van der Waals surface area contributed by atoms with Gasteiger partial charge in [0.15, 0.2) is 0 Å². The molecule has 1 aromatic rings. The van der Waals surface area contributed by atoms with Crippen LogP contribution < -0.4 is 0 Å². The third kappa shape index (κ3) is 5.94. The Bertz CT molecular complexity index is 601. The van der Waals surface area contributed by atoms with Gasteiger partial charge in [0.1, 0.15) is 0 Å². The molecule has 0 N–H and O–H groups in total. The van der Waals surface area contributed by atoms with Gasteiger partial charge in [-0.1, -0.05) is 23.7 Å². The molecule has 0 radical (unpaired) electrons. The zero-order valence-electron chi connectivity index (χ0n) is 13.3. The fourth-order valence-corrected chi connectivity index (χ4v) is 3.12. The van der Waals surface area contributed by atoms with Gasteiger partial charge in [0.05, 0.1) is 12.8 Å². The summed E-state index contributed by atoms with van der Waals surface area (Å²) in [4.78, 5) is 13.7. The third-order valence-electron chi connectivity index (χ3n) is 3.44. The average Bonchev–Trinajstić information content (AvgIpc) is 2.43. The zero-order valence-corrected chi connectivity index (χ0v) is 14.8. The Morgan fingerprint density at radius 3 is 2.36 bits per heavy atom. The Hall–Kier alpha value is -1.11. The van der Waals surface area contributed by atoms with Crippen molar-refractivity contribution >= 4 is 27.5 Å². The second kappa shape index (κ2) is 8.50. The van der Waals surface area contributed by atoms with Gasteiger partial charge in [-0.15, -0.1) is 0 Å². The van der Waals surface area contributed by atoms with E-state index in [1.54, 1.807) is 17.0 Å². The van der Waals surface area contributed by atoms with Crippen LogP contribution in [0.2, 0.25) is 5.02 Å². The van der Waals surface area contributed by atoms with E-state index in [1.807, 2.05) is 26.0 Å². The first kappa shape index (κ1) is 18.9. The Kier molecular flexibility index (Phi) is 7.32. The highest BCUT2D eigenvalue weighted by molar-refractivity contribution is 7.88. The van der Waals surface area contributed by atoms with Crippen LogP contribution in [0.25, 0.3) is 0 Å². The number of benzene rings is 1. The molecule has 22 heavy (non-hydrogen) atoms. The number of carbonyl (C=O) groups is 1. The molecule has 1 amide bonds. The van der Waals surface area contributed by atoms with Crippen LogP contribution in [0.3, 0.4) is 0 Å². The summed E-state index contributed by atoms with van der Waals surface area (Å²) in [5.74, 6) is -0.179. The number of hydrogen-bond acceptors (Lipinski definition) is 3. The maximum absolute atomic E-state index is 12.1. The molecule has 0 saturated carbocycles. The average molecular weight is 347 g/mol. The second-order valence-corrected chi connectivity index (χ2v) is 7.46. The lowest BCUT2D eigenvalue weighted by Gasteiger charge is -2.24. The summed E-state index contributed by atoms with van der Waals surface area (Å²) in [5, 5.41) is 0.614. The fraction of sp³-hybridized carbons (Fsp3) is 0.533. The van der Waals surface area contributed by atoms with Crippen LogP contribution in [0.15, 0.2) is 24.3 Å². The summed E-state index contributed by atoms with van der Waals surface area (Å²) in [6.07, 6.45) is 1.64. The highest BCUT2D eigenvalue weighted by Gasteiger charge is 2.22. The van der Waals surface area contributed by atoms with Crippen molar-refractivity contribution in [3.63, 3.8) is 0 Å². The van der Waals surface area contributed by atoms with E-state index in [-0.39, 0.29) is 19.0 Å². The highest BCUT2D eigenvalue weighted by Crippen LogP contribution is 2.12. The van der Waals surface area contributed by atoms with Gasteiger partial charge < -0.3 is 4.90 Å². The summed E-state index contributed by atoms with van der Waals surface area (Å²) in [6.45, 7) is 5.02. The molecule has 0 bridgehead atoms. The first-order valence-electron chi connectivity index (χ1n) is 7.25. The van der Waals surface area contributed by atoms with Crippen LogP contribution in [-0.4, -0.2) is 56.0 Å². The molecular formula is C15H23ClN2O3S. The first-order chi connectivity index (χ1) is 10.3. The van der Waals surface area contributed by atoms with Crippen LogP contribution in [0.1, 0.15) is 19.4 Å². The van der Waals surface area contributed by atoms with Gasteiger partial charge in [-0.2, -0.15) is 4.31 Å². The molecule has 0 aromatic heterocycles. The smallest absolute Gasteiger partial charge is 0.237 e. The van der Waals surface area contributed by atoms with Gasteiger partial charge in [0.25, 0.3) is 0 Å². The maximum Gasteiger partial charge on any atom is 0.237 e. The van der Waals surface area contributed by atoms with E-state index in [9.17, 15) is 13.2 Å². The van der Waals surface area contributed by atoms with E-state index in [0.717, 1.165) is 11.8 Å². The number of amides is 1. The van der Waals surface area contributed by atoms with Crippen molar-refractivity contribution in [3.8, 4) is 0 Å². The SMILES string of the molecule is CCN(CC)C(=O)CN(CCc1cccc(Cl)c1)S(C)(=O)=O. The molecule has 5 nitrogen and oxygen atoms in total. The standard InChI is InChI=1S/C15H23ClN2O3S/c1-4-17(5-2)15(19)12-18(22(3,20)21)10-9-13-7-6-8-14(16)11-13/h6-8,11H,4-5,9-10,12H2,1-3H3. The number of nitrogens with zero attached hydrogens (tertiary/aromatic N) is 2. The van der Waals surface area contributed by atoms with Crippen LogP contribution >= 0.6 is 11.6 Å². The minimum atomic E-state index is -3.44. The van der Waals surface area contributed by atoms with Crippen molar-refractivity contribution in [3.05, 3.63) is 34.9 Å². The van der Waals surface area contributed by atoms with Crippen molar-refractivity contribution in [2.75, 3.05) is 32.4 Å². The van der Waals surface area contributed by atoms with E-state index in [4.69, 9.17) is 11.6 Å². The summed E-state index contributed by atoms with van der Waals surface area (Å²) < 4.78 is 25.0. The number of hydrogen-bond donors (Lipinski definition) is 0. The van der Waals surface area contributed by atoms with Crippen molar-refractivity contribution < 1.29 is 13.2 Å². The van der Waals surface area contributed by atoms with Crippen molar-refractivity contribution in [1.29, 1.82) is 0 Å². The molecule has 1 rings (SSSR count). The Morgan fingerprint density at radius 1 is 1.23 bits per heavy atom. The van der Waals surface area contributed by atoms with Crippen molar-refractivity contribution in [2.45, 2.75) is 20.3 Å². The number of carbonyl (C=O) groups excluding carboxylic acids is 1. The zero-order chi connectivity index (χ0) is 16.8. The molecule has 124 valence electrons. The number of halogens is 1. The molecule has 0 fully saturated rings. The van der Waals surface area contributed by atoms with Gasteiger partial charge in [0, 0.05) is 24.7 Å². The van der Waals surface area contributed by atoms with Gasteiger partial charge in [-0.3, -0.25) is 4.79 Å². The minimum Gasteiger partial charge on any atom is -0.342 e. The van der Waals surface area contributed by atoms with Gasteiger partial charge in [-0.05, 0) is 38.0 Å². The topological polar surface area (TPSA) is 57.7 Å². The Labute approximate surface area is 137 Å². The van der Waals surface area contributed by atoms with Crippen LogP contribution in [0, 0.1) is 0 Å². The van der Waals surface area contributed by atoms with E-state index in [2.05, 4.69) is 0 Å². The normalized spacial score (nSPS) is 11.7. The third-order valence-corrected chi connectivity index (χ3v) is 4.92. The lowest BCUT2D eigenvalue weighted by atomic mass is 10.1. The molecule has 0 saturated heterocycles. The molecule has 0 heterocycles. The summed E-state index contributed by atoms with van der Waals surface area (Å²) in [5.41, 5.74) is 0.941. The number of likely N-dealkylation sites (N-methyl/N-ethyl adjacent to an activating group) is 1. The van der Waals surface area contributed by atoms with Crippen LogP contribution in [0.5, 0.6) is 0 Å². The molecule has 7 heteroatoms. The molecule has 0 spiro atoms. The van der Waals surface area contributed by atoms with E-state index in [1.165, 1.54) is 4.31 Å². The number of sulfonamides is 1. The van der Waals surface area contributed by atoms with Crippen LogP contribution in [0.4, 0.5) is 0 Å². The molecule has 0 aliphatic carbocycles. The molecule has 0 unspecified atom stereocenters. The lowest BCUT2D eigenvalue weighted by Crippen LogP contribution is -2.43. The Morgan fingerprint density at radius 2 is 1.86 bits per heavy atom. The van der Waals surface area contributed by atoms with Gasteiger partial charge in [0.2, 0.25) is 15.9 Å². The Balaban J connectivity index is 2.76. The maximum atomic E-state index is 12.1. The molecule has 0 aliphatic heterocycles. The number of rotatable bonds is 8. The van der Waals surface area contributed by atoms with E-state index in [0.29, 0.717) is 24.5 Å². The molecule has 0 atom stereocenters. The van der Waals surface area contributed by atoms with Gasteiger partial charge in [-0.25, -0.2) is 8.42 Å². The summed E-state index contributed by atoms with van der Waals surface area (Å²) >= 11 is 5.92. The fourth-order valence-electron chi connectivity index (χ4n) is 2.14. The predicted octanol–water partition coefficient (Wildman–Crippen LogP) is 2.01. The quantitative estimate of drug-likeness (QED) is 0.723. The largest absolute Gasteiger partial charge is 0.342 e. The molecular weight excluding hydrogens is 324 g/mol. The van der Waals surface area contributed by atoms with E-state index < -0.39 is 10.0 Å². The monoisotopic (exact) mass is 346 g/mol. The predicted molar refractivity (Wildman–Crippen MR) is 89.5 cm³/mol. The van der Waals surface area contributed by atoms with Crippen molar-refractivity contribution in [1.82, 2.24) is 9.21 Å². The molecule has 1 aromatic carbocycles. The van der Waals surface area contributed by atoms with Crippen LogP contribution in [-0.2, 0) is 21.2 Å². The minimum absolute atomic E-state index is 0.124. The summed E-state index contributed by atoms with van der Waals surface area (Å²) in [6, 6.07) is 7.28. The second-order valence-electron chi connectivity index (χ2n) is 5.04. The van der Waals surface area contributed by atoms with Crippen molar-refractivity contribution in [2.24, 2.45) is 0 Å². The van der Waals surface area contributed by atoms with E-state index >= 15 is 0 Å².